The first-order valence-corrected chi connectivity index (χ1v) is 12.8. The lowest BCUT2D eigenvalue weighted by molar-refractivity contribution is 0.221. The molecule has 3 nitrogen and oxygen atoms in total. The van der Waals surface area contributed by atoms with Gasteiger partial charge in [-0.15, -0.1) is 11.3 Å². The number of hydrogen-bond acceptors (Lipinski definition) is 4. The van der Waals surface area contributed by atoms with Crippen molar-refractivity contribution in [3.63, 3.8) is 0 Å². The van der Waals surface area contributed by atoms with E-state index in [0.717, 1.165) is 40.0 Å². The molecule has 1 N–H and O–H groups in total. The molecule has 166 valence electrons. The molecule has 1 saturated carbocycles. The highest BCUT2D eigenvalue weighted by Crippen LogP contribution is 2.53. The van der Waals surface area contributed by atoms with Crippen molar-refractivity contribution in [2.45, 2.75) is 56.8 Å². The van der Waals surface area contributed by atoms with Crippen molar-refractivity contribution in [2.75, 3.05) is 0 Å². The maximum absolute atomic E-state index is 10.4. The van der Waals surface area contributed by atoms with E-state index in [1.54, 1.807) is 34.7 Å². The normalized spacial score (nSPS) is 22.4. The number of phenolic OH excluding ortho intramolecular Hbond substituents is 1. The molecule has 1 heterocycles. The van der Waals surface area contributed by atoms with E-state index in [2.05, 4.69) is 35.5 Å². The standard InChI is InChI=1S/C29H28N2OS/c1-29(23-12-10-19-6-2-3-8-21(19)14-23)15-22(16-29)26-18-33-28(31-26)30-17-25-24-9-5-4-7-20(24)11-13-27(25)32/h4-5,7,9-14,17-18,22,32H,2-3,6,8,15-16H2,1H3/b30-17+. The Bertz CT molecular complexity index is 1360. The summed E-state index contributed by atoms with van der Waals surface area (Å²) >= 11 is 1.58. The lowest BCUT2D eigenvalue weighted by atomic mass is 9.59. The molecule has 1 aromatic heterocycles. The number of nitrogens with zero attached hydrogens (tertiary/aromatic N) is 2. The first-order chi connectivity index (χ1) is 16.1. The van der Waals surface area contributed by atoms with Crippen molar-refractivity contribution in [1.29, 1.82) is 0 Å². The summed E-state index contributed by atoms with van der Waals surface area (Å²) in [5.74, 6) is 0.742. The van der Waals surface area contributed by atoms with Gasteiger partial charge in [0.15, 0.2) is 0 Å². The molecule has 4 heteroatoms. The molecule has 0 unspecified atom stereocenters. The number of hydrogen-bond donors (Lipinski definition) is 1. The van der Waals surface area contributed by atoms with Crippen molar-refractivity contribution in [3.8, 4) is 5.75 Å². The minimum atomic E-state index is 0.244. The average Bonchev–Trinajstić information content (AvgIpc) is 3.29. The average molecular weight is 453 g/mol. The zero-order valence-corrected chi connectivity index (χ0v) is 19.7. The summed E-state index contributed by atoms with van der Waals surface area (Å²) in [7, 11) is 0. The summed E-state index contributed by atoms with van der Waals surface area (Å²) in [6.45, 7) is 2.41. The first kappa shape index (κ1) is 20.6. The van der Waals surface area contributed by atoms with E-state index >= 15 is 0 Å². The van der Waals surface area contributed by atoms with Gasteiger partial charge in [0.25, 0.3) is 0 Å². The fourth-order valence-electron chi connectivity index (χ4n) is 5.64. The van der Waals surface area contributed by atoms with Gasteiger partial charge in [-0.05, 0) is 77.5 Å². The highest BCUT2D eigenvalue weighted by atomic mass is 32.1. The van der Waals surface area contributed by atoms with Gasteiger partial charge in [0.1, 0.15) is 5.75 Å². The number of thiazole rings is 1. The van der Waals surface area contributed by atoms with Gasteiger partial charge < -0.3 is 5.11 Å². The van der Waals surface area contributed by atoms with E-state index in [-0.39, 0.29) is 11.2 Å². The summed E-state index contributed by atoms with van der Waals surface area (Å²) < 4.78 is 0. The number of aromatic hydroxyl groups is 1. The van der Waals surface area contributed by atoms with E-state index in [1.165, 1.54) is 31.2 Å². The summed E-state index contributed by atoms with van der Waals surface area (Å²) in [5.41, 5.74) is 6.78. The van der Waals surface area contributed by atoms with Gasteiger partial charge >= 0.3 is 0 Å². The topological polar surface area (TPSA) is 45.5 Å². The predicted octanol–water partition coefficient (Wildman–Crippen LogP) is 7.47. The number of fused-ring (bicyclic) bond motifs is 2. The summed E-state index contributed by atoms with van der Waals surface area (Å²) in [6, 6.07) is 18.9. The maximum Gasteiger partial charge on any atom is 0.209 e. The van der Waals surface area contributed by atoms with E-state index in [9.17, 15) is 5.11 Å². The van der Waals surface area contributed by atoms with E-state index in [4.69, 9.17) is 4.98 Å². The van der Waals surface area contributed by atoms with Gasteiger partial charge in [-0.1, -0.05) is 55.5 Å². The molecule has 2 aliphatic rings. The molecule has 6 rings (SSSR count). The highest BCUT2D eigenvalue weighted by molar-refractivity contribution is 7.13. The van der Waals surface area contributed by atoms with Crippen LogP contribution in [0.2, 0.25) is 0 Å². The van der Waals surface area contributed by atoms with Gasteiger partial charge in [0.2, 0.25) is 5.13 Å². The second-order valence-corrected chi connectivity index (χ2v) is 10.7. The summed E-state index contributed by atoms with van der Waals surface area (Å²) in [5, 5.41) is 15.4. The van der Waals surface area contributed by atoms with Gasteiger partial charge in [-0.25, -0.2) is 9.98 Å². The van der Waals surface area contributed by atoms with Crippen LogP contribution in [-0.2, 0) is 18.3 Å². The van der Waals surface area contributed by atoms with E-state index in [1.807, 2.05) is 30.3 Å². The van der Waals surface area contributed by atoms with Crippen LogP contribution >= 0.6 is 11.3 Å². The minimum Gasteiger partial charge on any atom is -0.507 e. The summed E-state index contributed by atoms with van der Waals surface area (Å²) in [6.07, 6.45) is 9.18. The van der Waals surface area contributed by atoms with Crippen LogP contribution in [0.25, 0.3) is 10.8 Å². The number of aromatic nitrogens is 1. The molecular formula is C29H28N2OS. The van der Waals surface area contributed by atoms with Crippen LogP contribution < -0.4 is 0 Å². The number of aryl methyl sites for hydroxylation is 2. The minimum absolute atomic E-state index is 0.244. The van der Waals surface area contributed by atoms with Crippen LogP contribution in [0, 0.1) is 0 Å². The lowest BCUT2D eigenvalue weighted by Crippen LogP contribution is -2.37. The molecule has 4 aromatic rings. The van der Waals surface area contributed by atoms with E-state index < -0.39 is 0 Å². The van der Waals surface area contributed by atoms with Gasteiger partial charge in [-0.2, -0.15) is 0 Å². The van der Waals surface area contributed by atoms with Crippen molar-refractivity contribution in [2.24, 2.45) is 4.99 Å². The smallest absolute Gasteiger partial charge is 0.209 e. The van der Waals surface area contributed by atoms with Crippen LogP contribution in [0.3, 0.4) is 0 Å². The first-order valence-electron chi connectivity index (χ1n) is 11.9. The number of rotatable bonds is 4. The van der Waals surface area contributed by atoms with Crippen LogP contribution in [0.4, 0.5) is 5.13 Å². The van der Waals surface area contributed by atoms with Crippen LogP contribution in [0.1, 0.15) is 66.5 Å². The molecule has 1 fully saturated rings. The monoisotopic (exact) mass is 452 g/mol. The summed E-state index contributed by atoms with van der Waals surface area (Å²) in [4.78, 5) is 9.44. The number of aliphatic imine (C=N–C) groups is 1. The molecule has 0 radical (unpaired) electrons. The number of benzene rings is 3. The molecule has 0 atom stereocenters. The van der Waals surface area contributed by atoms with Crippen LogP contribution in [0.15, 0.2) is 65.0 Å². The van der Waals surface area contributed by atoms with Crippen molar-refractivity contribution in [1.82, 2.24) is 4.98 Å². The largest absolute Gasteiger partial charge is 0.507 e. The Morgan fingerprint density at radius 1 is 1.03 bits per heavy atom. The van der Waals surface area contributed by atoms with Gasteiger partial charge in [-0.3, -0.25) is 0 Å². The third kappa shape index (κ3) is 3.76. The molecule has 3 aromatic carbocycles. The number of phenols is 1. The lowest BCUT2D eigenvalue weighted by Gasteiger charge is -2.45. The predicted molar refractivity (Wildman–Crippen MR) is 137 cm³/mol. The molecular weight excluding hydrogens is 424 g/mol. The van der Waals surface area contributed by atoms with Crippen molar-refractivity contribution >= 4 is 33.5 Å². The third-order valence-electron chi connectivity index (χ3n) is 7.62. The molecule has 0 spiro atoms. The van der Waals surface area contributed by atoms with Crippen molar-refractivity contribution < 1.29 is 5.11 Å². The Kier molecular flexibility index (Phi) is 5.06. The van der Waals surface area contributed by atoms with Crippen molar-refractivity contribution in [3.05, 3.63) is 87.9 Å². The zero-order valence-electron chi connectivity index (χ0n) is 18.9. The molecule has 0 amide bonds. The zero-order chi connectivity index (χ0) is 22.4. The second-order valence-electron chi connectivity index (χ2n) is 9.89. The highest BCUT2D eigenvalue weighted by Gasteiger charge is 2.43. The molecule has 33 heavy (non-hydrogen) atoms. The fourth-order valence-corrected chi connectivity index (χ4v) is 6.39. The van der Waals surface area contributed by atoms with E-state index in [0.29, 0.717) is 5.92 Å². The Morgan fingerprint density at radius 3 is 2.73 bits per heavy atom. The SMILES string of the molecule is CC1(c2ccc3c(c2)CCCC3)CC(c2csc(/N=C/c3c(O)ccc4ccccc34)n2)C1. The Labute approximate surface area is 198 Å². The Balaban J connectivity index is 1.18. The van der Waals surface area contributed by atoms with Gasteiger partial charge in [0, 0.05) is 23.1 Å². The van der Waals surface area contributed by atoms with Crippen LogP contribution in [-0.4, -0.2) is 16.3 Å². The second kappa shape index (κ2) is 8.11. The van der Waals surface area contributed by atoms with Gasteiger partial charge in [0.05, 0.1) is 5.69 Å². The quantitative estimate of drug-likeness (QED) is 0.327. The molecule has 0 bridgehead atoms. The fraction of sp³-hybridized carbons (Fsp3) is 0.310. The van der Waals surface area contributed by atoms with Crippen LogP contribution in [0.5, 0.6) is 5.75 Å². The third-order valence-corrected chi connectivity index (χ3v) is 8.39. The molecule has 0 saturated heterocycles. The Hall–Kier alpha value is -2.98. The molecule has 0 aliphatic heterocycles. The maximum atomic E-state index is 10.4. The molecule has 2 aliphatic carbocycles. The Morgan fingerprint density at radius 2 is 1.85 bits per heavy atom.